The Morgan fingerprint density at radius 2 is 1.27 bits per heavy atom. The molecule has 0 aliphatic carbocycles. The first kappa shape index (κ1) is 24.1. The van der Waals surface area contributed by atoms with Crippen molar-refractivity contribution >= 4 is 5.69 Å². The van der Waals surface area contributed by atoms with Crippen molar-refractivity contribution in [1.82, 2.24) is 14.9 Å². The van der Waals surface area contributed by atoms with Crippen molar-refractivity contribution < 1.29 is 17.1 Å². The molecule has 160 valence electrons. The Kier molecular flexibility index (Phi) is 9.04. The third-order valence-corrected chi connectivity index (χ3v) is 5.07. The monoisotopic (exact) mass is 444 g/mol. The van der Waals surface area contributed by atoms with E-state index in [1.54, 1.807) is 0 Å². The van der Waals surface area contributed by atoms with E-state index in [4.69, 9.17) is 9.97 Å². The summed E-state index contributed by atoms with van der Waals surface area (Å²) in [6.07, 6.45) is 0. The minimum atomic E-state index is 0. The van der Waals surface area contributed by atoms with Crippen LogP contribution in [0.2, 0.25) is 0 Å². The van der Waals surface area contributed by atoms with Crippen molar-refractivity contribution in [3.63, 3.8) is 0 Å². The molecule has 2 aromatic heterocycles. The first-order valence-electron chi connectivity index (χ1n) is 10.3. The largest absolute Gasteiger partial charge is 0.383 e. The number of aromatic nitrogens is 2. The van der Waals surface area contributed by atoms with Gasteiger partial charge in [0.15, 0.2) is 0 Å². The van der Waals surface area contributed by atoms with Gasteiger partial charge in [0.1, 0.15) is 0 Å². The zero-order chi connectivity index (χ0) is 20.8. The van der Waals surface area contributed by atoms with E-state index in [1.165, 1.54) is 22.4 Å². The van der Waals surface area contributed by atoms with Gasteiger partial charge in [-0.1, -0.05) is 29.8 Å². The average Bonchev–Trinajstić information content (AvgIpc) is 2.64. The first-order chi connectivity index (χ1) is 13.9. The molecule has 1 aromatic carbocycles. The Hall–Kier alpha value is -2.20. The molecule has 3 aromatic rings. The maximum Gasteiger partial charge on any atom is 0.0547 e. The number of aryl methyl sites for hydroxylation is 5. The summed E-state index contributed by atoms with van der Waals surface area (Å²) in [6.45, 7) is 14.0. The molecule has 0 atom stereocenters. The van der Waals surface area contributed by atoms with Gasteiger partial charge < -0.3 is 5.32 Å². The van der Waals surface area contributed by atoms with Gasteiger partial charge in [0.25, 0.3) is 0 Å². The van der Waals surface area contributed by atoms with E-state index in [9.17, 15) is 0 Å². The summed E-state index contributed by atoms with van der Waals surface area (Å²) in [5, 5.41) is 3.65. The molecule has 0 radical (unpaired) electrons. The number of rotatable bonds is 8. The zero-order valence-corrected chi connectivity index (χ0v) is 19.7. The second kappa shape index (κ2) is 11.3. The predicted octanol–water partition coefficient (Wildman–Crippen LogP) is 5.13. The van der Waals surface area contributed by atoms with Gasteiger partial charge in [-0.3, -0.25) is 14.9 Å². The average molecular weight is 444 g/mol. The molecule has 5 heteroatoms. The molecule has 2 heterocycles. The van der Waals surface area contributed by atoms with E-state index >= 15 is 0 Å². The summed E-state index contributed by atoms with van der Waals surface area (Å²) in [6, 6.07) is 16.9. The molecule has 0 saturated carbocycles. The summed E-state index contributed by atoms with van der Waals surface area (Å²) in [5.41, 5.74) is 9.46. The second-order valence-electron chi connectivity index (χ2n) is 7.95. The van der Waals surface area contributed by atoms with Gasteiger partial charge in [-0.25, -0.2) is 0 Å². The van der Waals surface area contributed by atoms with Gasteiger partial charge in [0, 0.05) is 60.3 Å². The van der Waals surface area contributed by atoms with Crippen LogP contribution < -0.4 is 5.32 Å². The molecule has 0 fully saturated rings. The van der Waals surface area contributed by atoms with Crippen molar-refractivity contribution in [2.24, 2.45) is 0 Å². The van der Waals surface area contributed by atoms with Crippen molar-refractivity contribution in [2.45, 2.75) is 47.7 Å². The van der Waals surface area contributed by atoms with Crippen LogP contribution in [0.5, 0.6) is 0 Å². The van der Waals surface area contributed by atoms with E-state index in [0.717, 1.165) is 49.0 Å². The summed E-state index contributed by atoms with van der Waals surface area (Å²) in [4.78, 5) is 11.8. The Bertz CT molecular complexity index is 900. The van der Waals surface area contributed by atoms with E-state index < -0.39 is 0 Å². The van der Waals surface area contributed by atoms with Crippen LogP contribution in [-0.4, -0.2) is 28.0 Å². The van der Waals surface area contributed by atoms with Crippen LogP contribution in [0, 0.1) is 34.6 Å². The summed E-state index contributed by atoms with van der Waals surface area (Å²) in [7, 11) is 0. The van der Waals surface area contributed by atoms with Gasteiger partial charge in [0.2, 0.25) is 0 Å². The second-order valence-corrected chi connectivity index (χ2v) is 7.95. The molecule has 0 amide bonds. The van der Waals surface area contributed by atoms with Crippen molar-refractivity contribution in [2.75, 3.05) is 18.4 Å². The summed E-state index contributed by atoms with van der Waals surface area (Å²) >= 11 is 0. The molecule has 30 heavy (non-hydrogen) atoms. The Labute approximate surface area is 191 Å². The van der Waals surface area contributed by atoms with Crippen LogP contribution in [0.25, 0.3) is 0 Å². The normalized spacial score (nSPS) is 10.7. The van der Waals surface area contributed by atoms with Gasteiger partial charge >= 0.3 is 0 Å². The summed E-state index contributed by atoms with van der Waals surface area (Å²) < 4.78 is 0. The first-order valence-corrected chi connectivity index (χ1v) is 10.3. The number of nitrogens with one attached hydrogen (secondary N) is 1. The Morgan fingerprint density at radius 3 is 1.73 bits per heavy atom. The number of nitrogens with zero attached hydrogens (tertiary/aromatic N) is 3. The predicted molar refractivity (Wildman–Crippen MR) is 121 cm³/mol. The van der Waals surface area contributed by atoms with Gasteiger partial charge in [-0.05, 0) is 70.0 Å². The molecule has 0 aliphatic heterocycles. The maximum atomic E-state index is 4.69. The van der Waals surface area contributed by atoms with Crippen LogP contribution in [0.15, 0.2) is 48.5 Å². The fraction of sp³-hybridized carbons (Fsp3) is 0.360. The molecule has 0 unspecified atom stereocenters. The standard InChI is InChI=1S/C25H32N4.Fe/c1-18-14-19(2)25(20(3)15-18)26-12-13-29(16-23-10-6-8-21(4)27-23)17-24-11-7-9-22(5)28-24;/h6-11,14-15,26H,12-13,16-17H2,1-5H3;. The fourth-order valence-corrected chi connectivity index (χ4v) is 3.85. The fourth-order valence-electron chi connectivity index (χ4n) is 3.85. The van der Waals surface area contributed by atoms with Crippen molar-refractivity contribution in [3.8, 4) is 0 Å². The van der Waals surface area contributed by atoms with Crippen LogP contribution in [0.3, 0.4) is 0 Å². The van der Waals surface area contributed by atoms with Crippen molar-refractivity contribution in [1.29, 1.82) is 0 Å². The molecule has 0 saturated heterocycles. The smallest absolute Gasteiger partial charge is 0.0547 e. The number of benzene rings is 1. The summed E-state index contributed by atoms with van der Waals surface area (Å²) in [5.74, 6) is 0. The molecule has 0 spiro atoms. The Balaban J connectivity index is 0.00000320. The molecule has 1 N–H and O–H groups in total. The number of anilines is 1. The van der Waals surface area contributed by atoms with Crippen LogP contribution in [-0.2, 0) is 30.2 Å². The molecule has 4 nitrogen and oxygen atoms in total. The maximum absolute atomic E-state index is 4.69. The quantitative estimate of drug-likeness (QED) is 0.489. The Morgan fingerprint density at radius 1 is 0.767 bits per heavy atom. The van der Waals surface area contributed by atoms with E-state index in [-0.39, 0.29) is 17.1 Å². The zero-order valence-electron chi connectivity index (χ0n) is 18.6. The van der Waals surface area contributed by atoms with Gasteiger partial charge in [-0.2, -0.15) is 0 Å². The minimum absolute atomic E-state index is 0. The van der Waals surface area contributed by atoms with Crippen LogP contribution in [0.1, 0.15) is 39.5 Å². The third kappa shape index (κ3) is 6.94. The van der Waals surface area contributed by atoms with E-state index in [1.807, 2.05) is 26.0 Å². The minimum Gasteiger partial charge on any atom is -0.383 e. The van der Waals surface area contributed by atoms with Crippen LogP contribution in [0.4, 0.5) is 5.69 Å². The molecular weight excluding hydrogens is 412 g/mol. The SMILES string of the molecule is Cc1cc(C)c(NCCN(Cc2cccc(C)n2)Cc2cccc(C)n2)c(C)c1.[Fe]. The molecule has 0 bridgehead atoms. The molecular formula is C25H32FeN4. The van der Waals surface area contributed by atoms with Crippen molar-refractivity contribution in [3.05, 3.63) is 88.0 Å². The number of hydrogen-bond acceptors (Lipinski definition) is 4. The van der Waals surface area contributed by atoms with E-state index in [2.05, 4.69) is 67.4 Å². The third-order valence-electron chi connectivity index (χ3n) is 5.07. The van der Waals surface area contributed by atoms with Gasteiger partial charge in [-0.15, -0.1) is 0 Å². The molecule has 3 rings (SSSR count). The van der Waals surface area contributed by atoms with Crippen LogP contribution >= 0.6 is 0 Å². The number of hydrogen-bond donors (Lipinski definition) is 1. The van der Waals surface area contributed by atoms with E-state index in [0.29, 0.717) is 0 Å². The number of pyridine rings is 2. The topological polar surface area (TPSA) is 41.0 Å². The molecule has 0 aliphatic rings. The van der Waals surface area contributed by atoms with Gasteiger partial charge in [0.05, 0.1) is 11.4 Å².